The summed E-state index contributed by atoms with van der Waals surface area (Å²) in [5, 5.41) is 6.48. The zero-order chi connectivity index (χ0) is 14.7. The molecule has 0 unspecified atom stereocenters. The first-order chi connectivity index (χ1) is 9.51. The highest BCUT2D eigenvalue weighted by atomic mass is 19.1. The van der Waals surface area contributed by atoms with Crippen molar-refractivity contribution in [2.45, 2.75) is 6.54 Å². The molecule has 8 heteroatoms. The van der Waals surface area contributed by atoms with Gasteiger partial charge in [-0.3, -0.25) is 15.3 Å². The Hall–Kier alpha value is -2.48. The third kappa shape index (κ3) is 2.91. The lowest BCUT2D eigenvalue weighted by molar-refractivity contribution is 0.0950. The number of nitrogens with two attached hydrogens (primary N) is 1. The van der Waals surface area contributed by atoms with Gasteiger partial charge in [0.15, 0.2) is 11.6 Å². The van der Waals surface area contributed by atoms with Gasteiger partial charge in [-0.1, -0.05) is 0 Å². The highest BCUT2D eigenvalue weighted by Crippen LogP contribution is 2.19. The minimum absolute atomic E-state index is 0.122. The predicted octanol–water partition coefficient (Wildman–Crippen LogP) is 0.914. The third-order valence-electron chi connectivity index (χ3n) is 2.66. The Morgan fingerprint density at radius 3 is 2.55 bits per heavy atom. The minimum atomic E-state index is -0.931. The van der Waals surface area contributed by atoms with Gasteiger partial charge in [0.1, 0.15) is 5.69 Å². The Morgan fingerprint density at radius 2 is 2.05 bits per heavy atom. The standard InChI is InChI=1S/C12H13F2N5O/c1-19-6-7(5-17-19)4-16-12(20)8-2-9(13)11(18-15)10(14)3-8/h2-3,5-6,18H,4,15H2,1H3,(H,16,20). The monoisotopic (exact) mass is 281 g/mol. The minimum Gasteiger partial charge on any atom is -0.348 e. The van der Waals surface area contributed by atoms with E-state index in [-0.39, 0.29) is 12.1 Å². The first-order valence-electron chi connectivity index (χ1n) is 5.72. The van der Waals surface area contributed by atoms with E-state index >= 15 is 0 Å². The molecule has 1 aromatic heterocycles. The lowest BCUT2D eigenvalue weighted by Gasteiger charge is -2.07. The maximum absolute atomic E-state index is 13.5. The van der Waals surface area contributed by atoms with E-state index in [1.54, 1.807) is 24.1 Å². The number of hydrogen-bond donors (Lipinski definition) is 3. The summed E-state index contributed by atoms with van der Waals surface area (Å²) in [4.78, 5) is 11.8. The average Bonchev–Trinajstić information content (AvgIpc) is 2.81. The zero-order valence-electron chi connectivity index (χ0n) is 10.7. The van der Waals surface area contributed by atoms with Crippen LogP contribution in [0, 0.1) is 11.6 Å². The van der Waals surface area contributed by atoms with Crippen molar-refractivity contribution in [3.8, 4) is 0 Å². The quantitative estimate of drug-likeness (QED) is 0.574. The molecule has 1 heterocycles. The SMILES string of the molecule is Cn1cc(CNC(=O)c2cc(F)c(NN)c(F)c2)cn1. The molecule has 0 radical (unpaired) electrons. The van der Waals surface area contributed by atoms with Crippen LogP contribution in [0.2, 0.25) is 0 Å². The van der Waals surface area contributed by atoms with Crippen molar-refractivity contribution >= 4 is 11.6 Å². The normalized spacial score (nSPS) is 10.4. The second-order valence-electron chi connectivity index (χ2n) is 4.16. The molecule has 2 rings (SSSR count). The number of amides is 1. The molecule has 6 nitrogen and oxygen atoms in total. The van der Waals surface area contributed by atoms with Crippen LogP contribution in [-0.4, -0.2) is 15.7 Å². The average molecular weight is 281 g/mol. The van der Waals surface area contributed by atoms with Crippen LogP contribution in [0.15, 0.2) is 24.5 Å². The summed E-state index contributed by atoms with van der Waals surface area (Å²) in [6.07, 6.45) is 3.31. The van der Waals surface area contributed by atoms with Gasteiger partial charge < -0.3 is 10.7 Å². The molecule has 2 aromatic rings. The molecule has 0 bridgehead atoms. The number of hydrogen-bond acceptors (Lipinski definition) is 4. The van der Waals surface area contributed by atoms with Crippen molar-refractivity contribution in [1.29, 1.82) is 0 Å². The number of halogens is 2. The lowest BCUT2D eigenvalue weighted by atomic mass is 10.1. The van der Waals surface area contributed by atoms with Crippen molar-refractivity contribution in [3.05, 3.63) is 47.3 Å². The molecule has 0 saturated carbocycles. The number of rotatable bonds is 4. The van der Waals surface area contributed by atoms with Crippen LogP contribution in [-0.2, 0) is 13.6 Å². The van der Waals surface area contributed by atoms with Crippen molar-refractivity contribution in [2.75, 3.05) is 5.43 Å². The number of nitrogen functional groups attached to an aromatic ring is 1. The van der Waals surface area contributed by atoms with E-state index in [0.717, 1.165) is 17.7 Å². The fraction of sp³-hybridized carbons (Fsp3) is 0.167. The Bertz CT molecular complexity index is 618. The molecular weight excluding hydrogens is 268 g/mol. The number of anilines is 1. The van der Waals surface area contributed by atoms with Crippen LogP contribution in [0.1, 0.15) is 15.9 Å². The van der Waals surface area contributed by atoms with Crippen molar-refractivity contribution in [2.24, 2.45) is 12.9 Å². The van der Waals surface area contributed by atoms with Gasteiger partial charge in [0.25, 0.3) is 5.91 Å². The first-order valence-corrected chi connectivity index (χ1v) is 5.72. The molecule has 0 spiro atoms. The molecular formula is C12H13F2N5O. The number of hydrazine groups is 1. The van der Waals surface area contributed by atoms with Gasteiger partial charge in [-0.2, -0.15) is 5.10 Å². The molecule has 0 aliphatic carbocycles. The summed E-state index contributed by atoms with van der Waals surface area (Å²) in [7, 11) is 1.74. The van der Waals surface area contributed by atoms with E-state index in [0.29, 0.717) is 0 Å². The van der Waals surface area contributed by atoms with E-state index in [2.05, 4.69) is 10.4 Å². The number of aromatic nitrogens is 2. The molecule has 4 N–H and O–H groups in total. The van der Waals surface area contributed by atoms with Gasteiger partial charge in [0, 0.05) is 30.9 Å². The van der Waals surface area contributed by atoms with Crippen molar-refractivity contribution in [3.63, 3.8) is 0 Å². The Balaban J connectivity index is 2.09. The molecule has 20 heavy (non-hydrogen) atoms. The van der Waals surface area contributed by atoms with Crippen LogP contribution >= 0.6 is 0 Å². The number of benzene rings is 1. The summed E-state index contributed by atoms with van der Waals surface area (Å²) in [5.41, 5.74) is 2.08. The van der Waals surface area contributed by atoms with E-state index in [4.69, 9.17) is 5.84 Å². The van der Waals surface area contributed by atoms with Gasteiger partial charge in [-0.15, -0.1) is 0 Å². The van der Waals surface area contributed by atoms with E-state index in [1.165, 1.54) is 0 Å². The molecule has 0 aliphatic rings. The Labute approximate surface area is 113 Å². The molecule has 1 amide bonds. The number of nitrogens with zero attached hydrogens (tertiary/aromatic N) is 2. The molecule has 1 aromatic carbocycles. The first kappa shape index (κ1) is 13.9. The van der Waals surface area contributed by atoms with Gasteiger partial charge in [0.05, 0.1) is 6.20 Å². The Morgan fingerprint density at radius 1 is 1.40 bits per heavy atom. The third-order valence-corrected chi connectivity index (χ3v) is 2.66. The maximum atomic E-state index is 13.5. The fourth-order valence-corrected chi connectivity index (χ4v) is 1.69. The van der Waals surface area contributed by atoms with Crippen LogP contribution < -0.4 is 16.6 Å². The lowest BCUT2D eigenvalue weighted by Crippen LogP contribution is -2.23. The smallest absolute Gasteiger partial charge is 0.251 e. The predicted molar refractivity (Wildman–Crippen MR) is 68.5 cm³/mol. The topological polar surface area (TPSA) is 85.0 Å². The van der Waals surface area contributed by atoms with Crippen LogP contribution in [0.5, 0.6) is 0 Å². The van der Waals surface area contributed by atoms with Gasteiger partial charge in [-0.25, -0.2) is 8.78 Å². The second-order valence-corrected chi connectivity index (χ2v) is 4.16. The largest absolute Gasteiger partial charge is 0.348 e. The van der Waals surface area contributed by atoms with Crippen LogP contribution in [0.3, 0.4) is 0 Å². The van der Waals surface area contributed by atoms with Crippen molar-refractivity contribution < 1.29 is 13.6 Å². The van der Waals surface area contributed by atoms with E-state index in [1.807, 2.05) is 5.43 Å². The summed E-state index contributed by atoms with van der Waals surface area (Å²) >= 11 is 0. The summed E-state index contributed by atoms with van der Waals surface area (Å²) in [6.45, 7) is 0.215. The van der Waals surface area contributed by atoms with Gasteiger partial charge in [-0.05, 0) is 12.1 Å². The highest BCUT2D eigenvalue weighted by molar-refractivity contribution is 5.94. The van der Waals surface area contributed by atoms with Crippen LogP contribution in [0.25, 0.3) is 0 Å². The Kier molecular flexibility index (Phi) is 3.94. The number of aryl methyl sites for hydroxylation is 1. The van der Waals surface area contributed by atoms with Gasteiger partial charge >= 0.3 is 0 Å². The van der Waals surface area contributed by atoms with Gasteiger partial charge in [0.2, 0.25) is 0 Å². The highest BCUT2D eigenvalue weighted by Gasteiger charge is 2.14. The molecule has 0 aliphatic heterocycles. The summed E-state index contributed by atoms with van der Waals surface area (Å²) in [5.74, 6) is 2.52. The molecule has 0 fully saturated rings. The van der Waals surface area contributed by atoms with Crippen molar-refractivity contribution in [1.82, 2.24) is 15.1 Å². The number of carbonyl (C=O) groups excluding carboxylic acids is 1. The molecule has 0 atom stereocenters. The fourth-order valence-electron chi connectivity index (χ4n) is 1.69. The maximum Gasteiger partial charge on any atom is 0.251 e. The van der Waals surface area contributed by atoms with Crippen LogP contribution in [0.4, 0.5) is 14.5 Å². The number of nitrogens with one attached hydrogen (secondary N) is 2. The summed E-state index contributed by atoms with van der Waals surface area (Å²) in [6, 6.07) is 1.83. The van der Waals surface area contributed by atoms with E-state index in [9.17, 15) is 13.6 Å². The molecule has 0 saturated heterocycles. The summed E-state index contributed by atoms with van der Waals surface area (Å²) < 4.78 is 28.5. The van der Waals surface area contributed by atoms with E-state index < -0.39 is 23.2 Å². The zero-order valence-corrected chi connectivity index (χ0v) is 10.7. The second kappa shape index (κ2) is 5.66. The number of carbonyl (C=O) groups is 1. The molecule has 106 valence electrons.